The summed E-state index contributed by atoms with van der Waals surface area (Å²) in [6.07, 6.45) is 3.44. The first-order valence-corrected chi connectivity index (χ1v) is 9.16. The van der Waals surface area contributed by atoms with E-state index in [4.69, 9.17) is 0 Å². The molecule has 7 nitrogen and oxygen atoms in total. The van der Waals surface area contributed by atoms with Crippen molar-refractivity contribution in [3.05, 3.63) is 64.7 Å². The number of ketones is 1. The Labute approximate surface area is 162 Å². The number of hydrogen-bond acceptors (Lipinski definition) is 4. The van der Waals surface area contributed by atoms with E-state index in [1.54, 1.807) is 53.4 Å². The van der Waals surface area contributed by atoms with Gasteiger partial charge in [0.15, 0.2) is 5.78 Å². The largest absolute Gasteiger partial charge is 0.323 e. The van der Waals surface area contributed by atoms with Crippen LogP contribution < -0.4 is 16.2 Å². The molecule has 0 atom stereocenters. The number of carbonyl (C=O) groups excluding carboxylic acids is 2. The highest BCUT2D eigenvalue weighted by Gasteiger charge is 2.08. The number of nitrogens with zero attached hydrogens (tertiary/aromatic N) is 2. The van der Waals surface area contributed by atoms with Crippen molar-refractivity contribution in [1.82, 2.24) is 9.55 Å². The first kappa shape index (κ1) is 19.3. The molecule has 0 radical (unpaired) electrons. The van der Waals surface area contributed by atoms with Crippen LogP contribution in [0.5, 0.6) is 0 Å². The SMILES string of the molecule is CCCCn1cnc2ccc(NC(=O)Nc3cccc(C(C)=O)c3)cc2c1=O. The van der Waals surface area contributed by atoms with Crippen LogP contribution in [0.25, 0.3) is 10.9 Å². The summed E-state index contributed by atoms with van der Waals surface area (Å²) in [5.41, 5.74) is 1.96. The first-order chi connectivity index (χ1) is 13.5. The Bertz CT molecular complexity index is 1090. The number of anilines is 2. The molecule has 1 heterocycles. The van der Waals surface area contributed by atoms with Gasteiger partial charge in [0, 0.05) is 23.5 Å². The van der Waals surface area contributed by atoms with Crippen LogP contribution >= 0.6 is 0 Å². The van der Waals surface area contributed by atoms with Gasteiger partial charge in [-0.15, -0.1) is 0 Å². The minimum Gasteiger partial charge on any atom is -0.308 e. The Morgan fingerprint density at radius 2 is 1.82 bits per heavy atom. The summed E-state index contributed by atoms with van der Waals surface area (Å²) in [5.74, 6) is -0.0783. The van der Waals surface area contributed by atoms with Crippen molar-refractivity contribution in [3.63, 3.8) is 0 Å². The van der Waals surface area contributed by atoms with Crippen molar-refractivity contribution in [1.29, 1.82) is 0 Å². The molecule has 0 fully saturated rings. The van der Waals surface area contributed by atoms with E-state index in [0.29, 0.717) is 34.4 Å². The number of unbranched alkanes of at least 4 members (excludes halogenated alkanes) is 1. The highest BCUT2D eigenvalue weighted by molar-refractivity contribution is 6.02. The van der Waals surface area contributed by atoms with E-state index in [2.05, 4.69) is 22.5 Å². The molecular weight excluding hydrogens is 356 g/mol. The average Bonchev–Trinajstić information content (AvgIpc) is 2.68. The summed E-state index contributed by atoms with van der Waals surface area (Å²) in [4.78, 5) is 40.7. The Morgan fingerprint density at radius 1 is 1.07 bits per heavy atom. The van der Waals surface area contributed by atoms with Crippen molar-refractivity contribution in [2.45, 2.75) is 33.2 Å². The van der Waals surface area contributed by atoms with E-state index >= 15 is 0 Å². The van der Waals surface area contributed by atoms with Gasteiger partial charge in [-0.3, -0.25) is 14.2 Å². The number of benzene rings is 2. The smallest absolute Gasteiger partial charge is 0.308 e. The van der Waals surface area contributed by atoms with E-state index in [1.165, 1.54) is 6.92 Å². The number of Topliss-reactive ketones (excluding diaryl/α,β-unsaturated/α-hetero) is 1. The van der Waals surface area contributed by atoms with Crippen molar-refractivity contribution in [2.24, 2.45) is 0 Å². The van der Waals surface area contributed by atoms with Crippen LogP contribution in [0.2, 0.25) is 0 Å². The third-order valence-electron chi connectivity index (χ3n) is 4.36. The highest BCUT2D eigenvalue weighted by Crippen LogP contribution is 2.16. The van der Waals surface area contributed by atoms with Gasteiger partial charge in [0.2, 0.25) is 0 Å². The van der Waals surface area contributed by atoms with Gasteiger partial charge >= 0.3 is 6.03 Å². The molecule has 2 N–H and O–H groups in total. The molecule has 2 aromatic carbocycles. The normalized spacial score (nSPS) is 10.6. The summed E-state index contributed by atoms with van der Waals surface area (Å²) in [5, 5.41) is 5.85. The number of nitrogens with one attached hydrogen (secondary N) is 2. The number of fused-ring (bicyclic) bond motifs is 1. The maximum absolute atomic E-state index is 12.6. The Balaban J connectivity index is 1.79. The van der Waals surface area contributed by atoms with Gasteiger partial charge in [0.1, 0.15) is 0 Å². The van der Waals surface area contributed by atoms with Crippen molar-refractivity contribution < 1.29 is 9.59 Å². The van der Waals surface area contributed by atoms with Gasteiger partial charge in [0.25, 0.3) is 5.56 Å². The van der Waals surface area contributed by atoms with Crippen LogP contribution in [0.15, 0.2) is 53.6 Å². The standard InChI is InChI=1S/C21H22N4O3/c1-3-4-10-25-13-22-19-9-8-17(12-18(19)20(25)27)24-21(28)23-16-7-5-6-15(11-16)14(2)26/h5-9,11-13H,3-4,10H2,1-2H3,(H2,23,24,28). The van der Waals surface area contributed by atoms with Crippen molar-refractivity contribution in [2.75, 3.05) is 10.6 Å². The van der Waals surface area contributed by atoms with Crippen LogP contribution in [0.4, 0.5) is 16.2 Å². The van der Waals surface area contributed by atoms with Crippen molar-refractivity contribution in [3.8, 4) is 0 Å². The number of rotatable bonds is 6. The average molecular weight is 378 g/mol. The lowest BCUT2D eigenvalue weighted by molar-refractivity contribution is 0.101. The number of hydrogen-bond donors (Lipinski definition) is 2. The van der Waals surface area contributed by atoms with Crippen LogP contribution in [-0.4, -0.2) is 21.4 Å². The Kier molecular flexibility index (Phi) is 5.84. The van der Waals surface area contributed by atoms with E-state index in [-0.39, 0.29) is 11.3 Å². The molecule has 0 aliphatic carbocycles. The summed E-state index contributed by atoms with van der Waals surface area (Å²) in [6, 6.07) is 11.2. The Hall–Kier alpha value is -3.48. The predicted molar refractivity (Wildman–Crippen MR) is 110 cm³/mol. The maximum atomic E-state index is 12.6. The van der Waals surface area contributed by atoms with Gasteiger partial charge in [-0.05, 0) is 43.7 Å². The minimum absolute atomic E-state index is 0.0783. The van der Waals surface area contributed by atoms with Gasteiger partial charge in [-0.2, -0.15) is 0 Å². The van der Waals surface area contributed by atoms with E-state index in [0.717, 1.165) is 12.8 Å². The molecule has 28 heavy (non-hydrogen) atoms. The molecular formula is C21H22N4O3. The number of aryl methyl sites for hydroxylation is 1. The molecule has 0 aliphatic rings. The molecule has 0 unspecified atom stereocenters. The summed E-state index contributed by atoms with van der Waals surface area (Å²) in [6.45, 7) is 4.14. The molecule has 0 saturated heterocycles. The van der Waals surface area contributed by atoms with Gasteiger partial charge in [0.05, 0.1) is 17.2 Å². The third-order valence-corrected chi connectivity index (χ3v) is 4.36. The van der Waals surface area contributed by atoms with Gasteiger partial charge in [-0.25, -0.2) is 9.78 Å². The topological polar surface area (TPSA) is 93.1 Å². The molecule has 0 spiro atoms. The second-order valence-electron chi connectivity index (χ2n) is 6.54. The lowest BCUT2D eigenvalue weighted by Gasteiger charge is -2.10. The summed E-state index contributed by atoms with van der Waals surface area (Å²) < 4.78 is 1.59. The Morgan fingerprint density at radius 3 is 2.54 bits per heavy atom. The monoisotopic (exact) mass is 378 g/mol. The molecule has 0 aliphatic heterocycles. The molecule has 2 amide bonds. The maximum Gasteiger partial charge on any atom is 0.323 e. The molecule has 1 aromatic heterocycles. The number of aromatic nitrogens is 2. The fourth-order valence-corrected chi connectivity index (χ4v) is 2.83. The fourth-order valence-electron chi connectivity index (χ4n) is 2.83. The number of urea groups is 1. The van der Waals surface area contributed by atoms with Crippen LogP contribution in [-0.2, 0) is 6.54 Å². The van der Waals surface area contributed by atoms with E-state index in [1.807, 2.05) is 0 Å². The summed E-state index contributed by atoms with van der Waals surface area (Å²) in [7, 11) is 0. The van der Waals surface area contributed by atoms with Crippen LogP contribution in [0.3, 0.4) is 0 Å². The van der Waals surface area contributed by atoms with Crippen LogP contribution in [0.1, 0.15) is 37.0 Å². The zero-order chi connectivity index (χ0) is 20.1. The predicted octanol–water partition coefficient (Wildman–Crippen LogP) is 4.04. The van der Waals surface area contributed by atoms with Gasteiger partial charge in [-0.1, -0.05) is 25.5 Å². The molecule has 0 bridgehead atoms. The second kappa shape index (κ2) is 8.47. The highest BCUT2D eigenvalue weighted by atomic mass is 16.2. The second-order valence-corrected chi connectivity index (χ2v) is 6.54. The minimum atomic E-state index is -0.463. The third kappa shape index (κ3) is 4.43. The molecule has 3 aromatic rings. The fraction of sp³-hybridized carbons (Fsp3) is 0.238. The lowest BCUT2D eigenvalue weighted by atomic mass is 10.1. The quantitative estimate of drug-likeness (QED) is 0.633. The first-order valence-electron chi connectivity index (χ1n) is 9.16. The van der Waals surface area contributed by atoms with E-state index < -0.39 is 6.03 Å². The van der Waals surface area contributed by atoms with E-state index in [9.17, 15) is 14.4 Å². The molecule has 0 saturated carbocycles. The molecule has 144 valence electrons. The molecule has 3 rings (SSSR count). The zero-order valence-corrected chi connectivity index (χ0v) is 15.9. The summed E-state index contributed by atoms with van der Waals surface area (Å²) >= 11 is 0. The van der Waals surface area contributed by atoms with Crippen LogP contribution in [0, 0.1) is 0 Å². The molecule has 7 heteroatoms. The number of carbonyl (C=O) groups is 2. The zero-order valence-electron chi connectivity index (χ0n) is 15.9. The van der Waals surface area contributed by atoms with Crippen molar-refractivity contribution >= 4 is 34.1 Å². The lowest BCUT2D eigenvalue weighted by Crippen LogP contribution is -2.22. The van der Waals surface area contributed by atoms with Gasteiger partial charge < -0.3 is 10.6 Å². The number of amides is 2.